The maximum Gasteiger partial charge on any atom is 0.386 e. The van der Waals surface area contributed by atoms with Crippen LogP contribution in [-0.4, -0.2) is 31.4 Å². The maximum atomic E-state index is 10.7. The molecule has 0 rings (SSSR count). The van der Waals surface area contributed by atoms with Gasteiger partial charge in [0.15, 0.2) is 0 Å². The van der Waals surface area contributed by atoms with E-state index < -0.39 is 17.7 Å². The van der Waals surface area contributed by atoms with Crippen molar-refractivity contribution in [1.29, 1.82) is 0 Å². The number of carbonyl (C=O) groups excluding carboxylic acids is 3. The van der Waals surface area contributed by atoms with Gasteiger partial charge in [0, 0.05) is 0 Å². The van der Waals surface area contributed by atoms with Crippen molar-refractivity contribution in [1.82, 2.24) is 0 Å². The molecule has 0 atom stereocenters. The van der Waals surface area contributed by atoms with Crippen molar-refractivity contribution in [2.45, 2.75) is 19.8 Å². The van der Waals surface area contributed by atoms with Crippen LogP contribution in [0.5, 0.6) is 0 Å². The minimum atomic E-state index is -1.27. The number of Topliss-reactive ketones (excluding diaryl/α,β-unsaturated/α-hetero) is 1. The Morgan fingerprint density at radius 2 is 1.77 bits per heavy atom. The van der Waals surface area contributed by atoms with E-state index in [0.29, 0.717) is 6.42 Å². The molecule has 0 fully saturated rings. The van der Waals surface area contributed by atoms with E-state index in [9.17, 15) is 14.4 Å². The summed E-state index contributed by atoms with van der Waals surface area (Å²) in [6.45, 7) is 2.06. The highest BCUT2D eigenvalue weighted by atomic mass is 16.6. The Balaban J connectivity index is 3.83. The fraction of sp³-hybridized carbons (Fsp3) is 0.625. The zero-order chi connectivity index (χ0) is 10.3. The van der Waals surface area contributed by atoms with Gasteiger partial charge in [-0.3, -0.25) is 4.79 Å². The fourth-order valence-electron chi connectivity index (χ4n) is 0.551. The Labute approximate surface area is 76.0 Å². The molecule has 0 unspecified atom stereocenters. The summed E-state index contributed by atoms with van der Waals surface area (Å²) in [6.07, 6.45) is 1.51. The van der Waals surface area contributed by atoms with E-state index in [1.165, 1.54) is 0 Å². The lowest BCUT2D eigenvalue weighted by Crippen LogP contribution is -2.27. The summed E-state index contributed by atoms with van der Waals surface area (Å²) in [5.41, 5.74) is 0. The summed E-state index contributed by atoms with van der Waals surface area (Å²) in [5.74, 6) is -3.61. The number of unbranched alkanes of at least 4 members (excludes halogenated alkanes) is 1. The molecule has 0 aliphatic rings. The largest absolute Gasteiger partial charge is 0.463 e. The van der Waals surface area contributed by atoms with Gasteiger partial charge in [0.05, 0.1) is 13.7 Å². The summed E-state index contributed by atoms with van der Waals surface area (Å²) in [5, 5.41) is 0. The minimum Gasteiger partial charge on any atom is -0.463 e. The molecule has 0 N–H and O–H groups in total. The predicted molar refractivity (Wildman–Crippen MR) is 42.9 cm³/mol. The van der Waals surface area contributed by atoms with Crippen LogP contribution in [0, 0.1) is 0 Å². The monoisotopic (exact) mass is 188 g/mol. The van der Waals surface area contributed by atoms with Crippen LogP contribution >= 0.6 is 0 Å². The summed E-state index contributed by atoms with van der Waals surface area (Å²) in [6, 6.07) is 0. The van der Waals surface area contributed by atoms with Crippen LogP contribution in [0.4, 0.5) is 0 Å². The molecule has 0 bridgehead atoms. The number of ether oxygens (including phenoxy) is 2. The van der Waals surface area contributed by atoms with E-state index >= 15 is 0 Å². The first kappa shape index (κ1) is 11.6. The highest BCUT2D eigenvalue weighted by Crippen LogP contribution is 1.90. The summed E-state index contributed by atoms with van der Waals surface area (Å²) >= 11 is 0. The number of carbonyl (C=O) groups is 3. The predicted octanol–water partition coefficient (Wildman–Crippen LogP) is 0.0718. The molecule has 0 radical (unpaired) electrons. The van der Waals surface area contributed by atoms with E-state index in [1.54, 1.807) is 0 Å². The molecule has 0 heterocycles. The van der Waals surface area contributed by atoms with Gasteiger partial charge in [0.25, 0.3) is 0 Å². The number of hydrogen-bond acceptors (Lipinski definition) is 5. The maximum absolute atomic E-state index is 10.7. The van der Waals surface area contributed by atoms with E-state index in [1.807, 2.05) is 6.92 Å². The molecule has 0 aliphatic carbocycles. The Kier molecular flexibility index (Phi) is 5.50. The minimum absolute atomic E-state index is 0.151. The Morgan fingerprint density at radius 1 is 1.15 bits per heavy atom. The van der Waals surface area contributed by atoms with E-state index in [-0.39, 0.29) is 6.61 Å². The van der Waals surface area contributed by atoms with Gasteiger partial charge in [-0.25, -0.2) is 9.59 Å². The van der Waals surface area contributed by atoms with Gasteiger partial charge in [-0.15, -0.1) is 0 Å². The highest BCUT2D eigenvalue weighted by Gasteiger charge is 2.24. The average molecular weight is 188 g/mol. The van der Waals surface area contributed by atoms with Gasteiger partial charge in [-0.05, 0) is 6.42 Å². The molecule has 0 saturated heterocycles. The van der Waals surface area contributed by atoms with Gasteiger partial charge >= 0.3 is 17.7 Å². The Morgan fingerprint density at radius 3 is 2.23 bits per heavy atom. The second-order valence-corrected chi connectivity index (χ2v) is 2.31. The zero-order valence-electron chi connectivity index (χ0n) is 7.66. The van der Waals surface area contributed by atoms with Crippen LogP contribution in [0.15, 0.2) is 0 Å². The number of rotatable bonds is 5. The topological polar surface area (TPSA) is 69.7 Å². The molecule has 0 amide bonds. The Hall–Kier alpha value is -1.39. The molecular formula is C8H12O5. The second-order valence-electron chi connectivity index (χ2n) is 2.31. The second kappa shape index (κ2) is 6.16. The summed E-state index contributed by atoms with van der Waals surface area (Å²) in [4.78, 5) is 32.0. The number of hydrogen-bond donors (Lipinski definition) is 0. The van der Waals surface area contributed by atoms with Crippen molar-refractivity contribution in [3.63, 3.8) is 0 Å². The van der Waals surface area contributed by atoms with Crippen LogP contribution in [0.1, 0.15) is 19.8 Å². The molecule has 0 aliphatic heterocycles. The van der Waals surface area contributed by atoms with Gasteiger partial charge < -0.3 is 9.47 Å². The van der Waals surface area contributed by atoms with Gasteiger partial charge in [0.2, 0.25) is 0 Å². The van der Waals surface area contributed by atoms with E-state index in [4.69, 9.17) is 0 Å². The van der Waals surface area contributed by atoms with E-state index in [0.717, 1.165) is 13.5 Å². The first-order valence-electron chi connectivity index (χ1n) is 3.92. The highest BCUT2D eigenvalue weighted by molar-refractivity contribution is 6.60. The Bertz CT molecular complexity index is 209. The molecule has 0 spiro atoms. The van der Waals surface area contributed by atoms with Gasteiger partial charge in [-0.2, -0.15) is 0 Å². The number of methoxy groups -OCH3 is 1. The molecular weight excluding hydrogens is 176 g/mol. The average Bonchev–Trinajstić information content (AvgIpc) is 2.15. The van der Waals surface area contributed by atoms with Crippen LogP contribution in [0.3, 0.4) is 0 Å². The number of ketones is 1. The first-order chi connectivity index (χ1) is 6.13. The van der Waals surface area contributed by atoms with Crippen LogP contribution in [0.2, 0.25) is 0 Å². The molecule has 5 nitrogen and oxygen atoms in total. The molecule has 13 heavy (non-hydrogen) atoms. The van der Waals surface area contributed by atoms with Crippen LogP contribution in [0.25, 0.3) is 0 Å². The molecule has 74 valence electrons. The summed E-state index contributed by atoms with van der Waals surface area (Å²) < 4.78 is 8.53. The van der Waals surface area contributed by atoms with Crippen molar-refractivity contribution in [2.75, 3.05) is 13.7 Å². The van der Waals surface area contributed by atoms with Crippen molar-refractivity contribution < 1.29 is 23.9 Å². The zero-order valence-corrected chi connectivity index (χ0v) is 7.66. The fourth-order valence-corrected chi connectivity index (χ4v) is 0.551. The molecule has 5 heteroatoms. The third-order valence-electron chi connectivity index (χ3n) is 1.29. The number of esters is 2. The smallest absolute Gasteiger partial charge is 0.386 e. The lowest BCUT2D eigenvalue weighted by atomic mass is 10.3. The molecule has 0 saturated carbocycles. The lowest BCUT2D eigenvalue weighted by Gasteiger charge is -2.00. The van der Waals surface area contributed by atoms with Crippen molar-refractivity contribution in [2.24, 2.45) is 0 Å². The third kappa shape index (κ3) is 4.25. The quantitative estimate of drug-likeness (QED) is 0.264. The molecule has 0 aromatic heterocycles. The van der Waals surface area contributed by atoms with Crippen molar-refractivity contribution in [3.05, 3.63) is 0 Å². The molecule has 0 aromatic rings. The normalized spacial score (nSPS) is 9.08. The van der Waals surface area contributed by atoms with Crippen LogP contribution < -0.4 is 0 Å². The van der Waals surface area contributed by atoms with Crippen LogP contribution in [-0.2, 0) is 23.9 Å². The van der Waals surface area contributed by atoms with E-state index in [2.05, 4.69) is 9.47 Å². The van der Waals surface area contributed by atoms with Gasteiger partial charge in [-0.1, -0.05) is 13.3 Å². The SMILES string of the molecule is CCCCOC(=O)C(=O)C(=O)OC. The standard InChI is InChI=1S/C8H12O5/c1-3-4-5-13-8(11)6(9)7(10)12-2/h3-5H2,1-2H3. The first-order valence-corrected chi connectivity index (χ1v) is 3.92. The van der Waals surface area contributed by atoms with Gasteiger partial charge in [0.1, 0.15) is 0 Å². The van der Waals surface area contributed by atoms with Crippen molar-refractivity contribution in [3.8, 4) is 0 Å². The lowest BCUT2D eigenvalue weighted by molar-refractivity contribution is -0.163. The summed E-state index contributed by atoms with van der Waals surface area (Å²) in [7, 11) is 1.03. The third-order valence-corrected chi connectivity index (χ3v) is 1.29. The molecule has 0 aromatic carbocycles. The van der Waals surface area contributed by atoms with Crippen molar-refractivity contribution >= 4 is 17.7 Å².